The van der Waals surface area contributed by atoms with Crippen LogP contribution in [0.15, 0.2) is 18.2 Å². The number of nitro groups is 1. The SMILES string of the molecule is CCC(C)C(N)C(=O)NS(=O)(=O)OCC1OC(CCOC(=O)c2ccc(Cl)c([N+](=O)[O-])c2)C(O)C1O. The Morgan fingerprint density at radius 1 is 1.31 bits per heavy atom. The molecule has 202 valence electrons. The number of amides is 1. The third kappa shape index (κ3) is 7.80. The zero-order chi connectivity index (χ0) is 27.2. The molecule has 1 aliphatic heterocycles. The number of hydrogen-bond donors (Lipinski definition) is 4. The van der Waals surface area contributed by atoms with Gasteiger partial charge in [-0.15, -0.1) is 0 Å². The molecule has 5 N–H and O–H groups in total. The Kier molecular flexibility index (Phi) is 10.5. The van der Waals surface area contributed by atoms with E-state index < -0.39 is 69.9 Å². The second-order valence-electron chi connectivity index (χ2n) is 8.16. The number of esters is 1. The molecule has 0 bridgehead atoms. The van der Waals surface area contributed by atoms with Crippen LogP contribution in [0.5, 0.6) is 0 Å². The lowest BCUT2D eigenvalue weighted by molar-refractivity contribution is -0.384. The van der Waals surface area contributed by atoms with E-state index in [1.165, 1.54) is 12.1 Å². The van der Waals surface area contributed by atoms with Gasteiger partial charge in [0.25, 0.3) is 11.6 Å². The predicted octanol–water partition coefficient (Wildman–Crippen LogP) is 0.0353. The molecule has 1 saturated heterocycles. The number of ether oxygens (including phenoxy) is 2. The Morgan fingerprint density at radius 3 is 2.56 bits per heavy atom. The van der Waals surface area contributed by atoms with Gasteiger partial charge in [0.15, 0.2) is 0 Å². The largest absolute Gasteiger partial charge is 0.462 e. The summed E-state index contributed by atoms with van der Waals surface area (Å²) in [6, 6.07) is 2.30. The van der Waals surface area contributed by atoms with Crippen LogP contribution in [0, 0.1) is 16.0 Å². The molecule has 16 heteroatoms. The minimum absolute atomic E-state index is 0.0939. The molecule has 14 nitrogen and oxygen atoms in total. The number of rotatable bonds is 12. The molecule has 2 rings (SSSR count). The first kappa shape index (κ1) is 29.8. The highest BCUT2D eigenvalue weighted by Gasteiger charge is 2.43. The maximum Gasteiger partial charge on any atom is 0.362 e. The van der Waals surface area contributed by atoms with Crippen LogP contribution in [-0.2, 0) is 28.8 Å². The van der Waals surface area contributed by atoms with E-state index in [2.05, 4.69) is 0 Å². The summed E-state index contributed by atoms with van der Waals surface area (Å²) in [6.45, 7) is 2.45. The Bertz CT molecular complexity index is 1070. The Morgan fingerprint density at radius 2 is 1.94 bits per heavy atom. The molecular formula is C20H28ClN3O11S. The first-order valence-electron chi connectivity index (χ1n) is 10.9. The third-order valence-corrected chi connectivity index (χ3v) is 6.87. The summed E-state index contributed by atoms with van der Waals surface area (Å²) in [5.74, 6) is -2.12. The summed E-state index contributed by atoms with van der Waals surface area (Å²) in [7, 11) is -4.56. The van der Waals surface area contributed by atoms with Crippen LogP contribution in [0.25, 0.3) is 0 Å². The Balaban J connectivity index is 1.86. The number of benzene rings is 1. The summed E-state index contributed by atoms with van der Waals surface area (Å²) in [4.78, 5) is 34.3. The monoisotopic (exact) mass is 553 g/mol. The normalized spacial score (nSPS) is 23.6. The molecule has 36 heavy (non-hydrogen) atoms. The van der Waals surface area contributed by atoms with E-state index >= 15 is 0 Å². The minimum Gasteiger partial charge on any atom is -0.462 e. The van der Waals surface area contributed by atoms with Crippen LogP contribution >= 0.6 is 11.6 Å². The molecule has 0 saturated carbocycles. The Hall–Kier alpha value is -2.40. The van der Waals surface area contributed by atoms with E-state index in [1.54, 1.807) is 18.6 Å². The van der Waals surface area contributed by atoms with Gasteiger partial charge >= 0.3 is 16.3 Å². The fourth-order valence-corrected chi connectivity index (χ4v) is 4.16. The zero-order valence-electron chi connectivity index (χ0n) is 19.4. The van der Waals surface area contributed by atoms with Crippen molar-refractivity contribution in [3.05, 3.63) is 38.9 Å². The molecule has 0 aromatic heterocycles. The number of aliphatic hydroxyl groups is 2. The molecule has 0 aliphatic carbocycles. The van der Waals surface area contributed by atoms with E-state index in [1.807, 2.05) is 0 Å². The fraction of sp³-hybridized carbons (Fsp3) is 0.600. The van der Waals surface area contributed by atoms with Gasteiger partial charge in [0, 0.05) is 12.5 Å². The van der Waals surface area contributed by atoms with Gasteiger partial charge in [-0.1, -0.05) is 31.9 Å². The molecule has 0 spiro atoms. The first-order valence-corrected chi connectivity index (χ1v) is 12.6. The number of hydrogen-bond acceptors (Lipinski definition) is 12. The van der Waals surface area contributed by atoms with Crippen molar-refractivity contribution in [1.82, 2.24) is 4.72 Å². The number of halogens is 1. The van der Waals surface area contributed by atoms with Gasteiger partial charge in [-0.2, -0.15) is 8.42 Å². The van der Waals surface area contributed by atoms with Crippen molar-refractivity contribution in [3.8, 4) is 0 Å². The minimum atomic E-state index is -4.56. The van der Waals surface area contributed by atoms with Gasteiger partial charge in [0.1, 0.15) is 23.3 Å². The van der Waals surface area contributed by atoms with Crippen LogP contribution in [0.4, 0.5) is 5.69 Å². The summed E-state index contributed by atoms with van der Waals surface area (Å²) in [5.41, 5.74) is 5.09. The molecule has 1 aliphatic rings. The maximum atomic E-state index is 12.2. The van der Waals surface area contributed by atoms with Crippen molar-refractivity contribution >= 4 is 39.5 Å². The molecule has 0 radical (unpaired) electrons. The molecule has 6 unspecified atom stereocenters. The lowest BCUT2D eigenvalue weighted by Crippen LogP contribution is -2.47. The summed E-state index contributed by atoms with van der Waals surface area (Å²) >= 11 is 5.70. The van der Waals surface area contributed by atoms with Crippen molar-refractivity contribution in [3.63, 3.8) is 0 Å². The van der Waals surface area contributed by atoms with Crippen molar-refractivity contribution in [1.29, 1.82) is 0 Å². The second-order valence-corrected chi connectivity index (χ2v) is 9.91. The molecule has 6 atom stereocenters. The van der Waals surface area contributed by atoms with Crippen molar-refractivity contribution < 1.29 is 46.8 Å². The molecular weight excluding hydrogens is 526 g/mol. The fourth-order valence-electron chi connectivity index (χ4n) is 3.22. The predicted molar refractivity (Wildman–Crippen MR) is 124 cm³/mol. The summed E-state index contributed by atoms with van der Waals surface area (Å²) < 4.78 is 40.9. The number of carbonyl (C=O) groups is 2. The number of carbonyl (C=O) groups excluding carboxylic acids is 2. The highest BCUT2D eigenvalue weighted by molar-refractivity contribution is 7.85. The zero-order valence-corrected chi connectivity index (χ0v) is 21.0. The van der Waals surface area contributed by atoms with Gasteiger partial charge < -0.3 is 25.4 Å². The number of nitrogens with one attached hydrogen (secondary N) is 1. The van der Waals surface area contributed by atoms with Crippen LogP contribution in [0.2, 0.25) is 5.02 Å². The van der Waals surface area contributed by atoms with Gasteiger partial charge in [-0.05, 0) is 18.1 Å². The summed E-state index contributed by atoms with van der Waals surface area (Å²) in [6.07, 6.45) is -4.84. The van der Waals surface area contributed by atoms with E-state index in [-0.39, 0.29) is 29.5 Å². The molecule has 1 heterocycles. The van der Waals surface area contributed by atoms with Crippen LogP contribution < -0.4 is 10.5 Å². The number of nitrogens with two attached hydrogens (primary N) is 1. The van der Waals surface area contributed by atoms with Crippen molar-refractivity contribution in [2.45, 2.75) is 57.1 Å². The van der Waals surface area contributed by atoms with Gasteiger partial charge in [-0.25, -0.2) is 9.52 Å². The van der Waals surface area contributed by atoms with Crippen LogP contribution in [0.1, 0.15) is 37.0 Å². The van der Waals surface area contributed by atoms with E-state index in [0.29, 0.717) is 6.42 Å². The average Bonchev–Trinajstić information content (AvgIpc) is 3.09. The smallest absolute Gasteiger partial charge is 0.362 e. The molecule has 1 aromatic rings. The third-order valence-electron chi connectivity index (χ3n) is 5.65. The number of nitro benzene ring substituents is 1. The molecule has 1 aromatic carbocycles. The van der Waals surface area contributed by atoms with Crippen molar-refractivity contribution in [2.75, 3.05) is 13.2 Å². The van der Waals surface area contributed by atoms with Gasteiger partial charge in [0.2, 0.25) is 0 Å². The topological polar surface area (TPSA) is 218 Å². The second kappa shape index (κ2) is 12.7. The Labute approximate surface area is 212 Å². The van der Waals surface area contributed by atoms with Crippen molar-refractivity contribution in [2.24, 2.45) is 11.7 Å². The lowest BCUT2D eigenvalue weighted by Gasteiger charge is -2.18. The molecule has 1 amide bonds. The van der Waals surface area contributed by atoms with E-state index in [9.17, 15) is 38.3 Å². The molecule has 1 fully saturated rings. The highest BCUT2D eigenvalue weighted by atomic mass is 35.5. The average molecular weight is 554 g/mol. The lowest BCUT2D eigenvalue weighted by atomic mass is 10.00. The van der Waals surface area contributed by atoms with Gasteiger partial charge in [-0.3, -0.25) is 19.1 Å². The number of aliphatic hydroxyl groups excluding tert-OH is 2. The van der Waals surface area contributed by atoms with E-state index in [4.69, 9.17) is 31.0 Å². The highest BCUT2D eigenvalue weighted by Crippen LogP contribution is 2.26. The quantitative estimate of drug-likeness (QED) is 0.153. The van der Waals surface area contributed by atoms with Crippen LogP contribution in [0.3, 0.4) is 0 Å². The summed E-state index contributed by atoms with van der Waals surface area (Å²) in [5, 5.41) is 31.1. The van der Waals surface area contributed by atoms with Gasteiger partial charge in [0.05, 0.1) is 35.8 Å². The standard InChI is InChI=1S/C20H28ClN3O11S/c1-3-10(2)16(22)19(27)23-36(31,32)34-9-15-18(26)17(25)14(35-15)6-7-33-20(28)11-4-5-12(21)13(8-11)24(29)30/h4-5,8,10,14-18,25-26H,3,6-7,9,22H2,1-2H3,(H,23,27). The van der Waals surface area contributed by atoms with E-state index in [0.717, 1.165) is 6.07 Å². The maximum absolute atomic E-state index is 12.2. The first-order chi connectivity index (χ1) is 16.8. The van der Waals surface area contributed by atoms with Crippen LogP contribution in [-0.4, -0.2) is 79.1 Å². The number of nitrogens with zero attached hydrogens (tertiary/aromatic N) is 1.